The van der Waals surface area contributed by atoms with Gasteiger partial charge in [0.05, 0.1) is 5.69 Å². The molecule has 294 valence electrons. The van der Waals surface area contributed by atoms with Gasteiger partial charge in [-0.3, -0.25) is 0 Å². The summed E-state index contributed by atoms with van der Waals surface area (Å²) in [4.78, 5) is 5.14. The molecule has 0 fully saturated rings. The molecule has 0 aliphatic heterocycles. The summed E-state index contributed by atoms with van der Waals surface area (Å²) in [6.45, 7) is 32.6. The highest BCUT2D eigenvalue weighted by Gasteiger charge is 2.31. The van der Waals surface area contributed by atoms with Crippen LogP contribution >= 0.6 is 7.92 Å². The molecule has 0 amide bonds. The number of hydrogen-bond donors (Lipinski definition) is 0. The molecule has 7 aromatic rings. The van der Waals surface area contributed by atoms with Crippen LogP contribution in [0.25, 0.3) is 44.1 Å². The topological polar surface area (TPSA) is 26.0 Å². The molecule has 7 rings (SSSR count). The van der Waals surface area contributed by atoms with Gasteiger partial charge in [-0.25, -0.2) is 4.98 Å². The second-order valence-corrected chi connectivity index (χ2v) is 22.7. The largest absolute Gasteiger partial charge is 0.444 e. The van der Waals surface area contributed by atoms with Crippen LogP contribution in [0.2, 0.25) is 0 Å². The molecule has 0 aliphatic carbocycles. The van der Waals surface area contributed by atoms with E-state index in [1.54, 1.807) is 0 Å². The molecule has 0 saturated heterocycles. The van der Waals surface area contributed by atoms with Gasteiger partial charge in [-0.05, 0) is 107 Å². The van der Waals surface area contributed by atoms with Crippen molar-refractivity contribution in [1.82, 2.24) is 4.98 Å². The monoisotopic (exact) mass is 771 g/mol. The van der Waals surface area contributed by atoms with Crippen LogP contribution in [0.5, 0.6) is 0 Å². The Hall–Kier alpha value is -4.52. The van der Waals surface area contributed by atoms with E-state index in [0.29, 0.717) is 5.89 Å². The Balaban J connectivity index is 1.70. The zero-order chi connectivity index (χ0) is 41.2. The lowest BCUT2D eigenvalue weighted by Gasteiger charge is -2.32. The first-order valence-electron chi connectivity index (χ1n) is 20.7. The molecule has 0 radical (unpaired) electrons. The van der Waals surface area contributed by atoms with Gasteiger partial charge in [0.2, 0.25) is 5.89 Å². The third-order valence-electron chi connectivity index (χ3n) is 11.5. The van der Waals surface area contributed by atoms with Gasteiger partial charge in [0, 0.05) is 11.1 Å². The molecule has 2 nitrogen and oxygen atoms in total. The number of benzene rings is 6. The van der Waals surface area contributed by atoms with Crippen LogP contribution in [0, 0.1) is 0 Å². The van der Waals surface area contributed by atoms with Crippen LogP contribution in [0.15, 0.2) is 120 Å². The van der Waals surface area contributed by atoms with E-state index in [1.165, 1.54) is 70.8 Å². The molecule has 6 aromatic carbocycles. The molecule has 0 aliphatic rings. The minimum atomic E-state index is -1.11. The highest BCUT2D eigenvalue weighted by Crippen LogP contribution is 2.47. The predicted molar refractivity (Wildman–Crippen MR) is 250 cm³/mol. The van der Waals surface area contributed by atoms with E-state index in [4.69, 9.17) is 9.40 Å². The van der Waals surface area contributed by atoms with Gasteiger partial charge >= 0.3 is 0 Å². The second kappa shape index (κ2) is 14.7. The molecule has 1 aromatic heterocycles. The summed E-state index contributed by atoms with van der Waals surface area (Å²) in [5.41, 5.74) is 9.77. The van der Waals surface area contributed by atoms with Crippen molar-refractivity contribution >= 4 is 45.4 Å². The van der Waals surface area contributed by atoms with E-state index in [-0.39, 0.29) is 27.6 Å². The van der Waals surface area contributed by atoms with E-state index >= 15 is 0 Å². The molecule has 3 heteroatoms. The van der Waals surface area contributed by atoms with Crippen LogP contribution in [0.1, 0.15) is 131 Å². The lowest BCUT2D eigenvalue weighted by Crippen LogP contribution is -2.28. The highest BCUT2D eigenvalue weighted by atomic mass is 31.1. The Morgan fingerprint density at radius 3 is 1.33 bits per heavy atom. The van der Waals surface area contributed by atoms with Crippen LogP contribution in [0.3, 0.4) is 0 Å². The number of aromatic nitrogens is 1. The van der Waals surface area contributed by atoms with E-state index in [0.717, 1.165) is 11.3 Å². The summed E-state index contributed by atoms with van der Waals surface area (Å²) >= 11 is 0. The third-order valence-corrected chi connectivity index (χ3v) is 13.9. The van der Waals surface area contributed by atoms with Gasteiger partial charge in [0.15, 0.2) is 0 Å². The summed E-state index contributed by atoms with van der Waals surface area (Å²) in [7, 11) is -1.11. The fraction of sp³-hybridized carbons (Fsp3) is 0.352. The molecular formula is C54H62NOP. The lowest BCUT2D eigenvalue weighted by molar-refractivity contribution is 0.569. The molecule has 0 N–H and O–H groups in total. The van der Waals surface area contributed by atoms with Gasteiger partial charge in [-0.15, -0.1) is 0 Å². The van der Waals surface area contributed by atoms with Crippen LogP contribution < -0.4 is 15.9 Å². The number of hydrogen-bond acceptors (Lipinski definition) is 2. The average molecular weight is 772 g/mol. The number of fused-ring (bicyclic) bond motifs is 2. The first kappa shape index (κ1) is 40.7. The van der Waals surface area contributed by atoms with Crippen LogP contribution in [-0.4, -0.2) is 4.98 Å². The lowest BCUT2D eigenvalue weighted by atomic mass is 9.81. The standard InChI is InChI=1S/C54H62NOP/c1-34(2)46-33-56-50(55-46)45-25-23-35-19-15-17-21-43(35)48(45)49-44-22-18-16-20-36(44)24-26-47(49)57(41-29-37(51(3,4)5)27-38(30-41)52(6,7)8)42-31-39(53(9,10)11)28-40(32-42)54(12,13)14/h15-34H,1-14H3. The maximum absolute atomic E-state index is 6.41. The first-order chi connectivity index (χ1) is 26.6. The Morgan fingerprint density at radius 1 is 0.491 bits per heavy atom. The fourth-order valence-electron chi connectivity index (χ4n) is 7.74. The van der Waals surface area contributed by atoms with Crippen LogP contribution in [-0.2, 0) is 21.7 Å². The minimum absolute atomic E-state index is 0.0328. The second-order valence-electron chi connectivity index (χ2n) is 20.5. The van der Waals surface area contributed by atoms with E-state index in [9.17, 15) is 0 Å². The zero-order valence-corrected chi connectivity index (χ0v) is 37.7. The molecule has 57 heavy (non-hydrogen) atoms. The van der Waals surface area contributed by atoms with Crippen molar-refractivity contribution in [3.05, 3.63) is 143 Å². The number of oxazole rings is 1. The fourth-order valence-corrected chi connectivity index (χ4v) is 10.3. The van der Waals surface area contributed by atoms with Gasteiger partial charge < -0.3 is 4.42 Å². The summed E-state index contributed by atoms with van der Waals surface area (Å²) in [6, 6.07) is 42.1. The van der Waals surface area contributed by atoms with Gasteiger partial charge in [-0.1, -0.05) is 200 Å². The first-order valence-corrected chi connectivity index (χ1v) is 22.1. The molecule has 0 spiro atoms. The minimum Gasteiger partial charge on any atom is -0.444 e. The molecule has 1 heterocycles. The van der Waals surface area contributed by atoms with Crippen molar-refractivity contribution < 1.29 is 4.42 Å². The van der Waals surface area contributed by atoms with Gasteiger partial charge in [0.1, 0.15) is 6.26 Å². The van der Waals surface area contributed by atoms with Crippen molar-refractivity contribution in [3.8, 4) is 22.6 Å². The summed E-state index contributed by atoms with van der Waals surface area (Å²) in [5.74, 6) is 0.920. The van der Waals surface area contributed by atoms with Crippen molar-refractivity contribution in [2.45, 2.75) is 125 Å². The van der Waals surface area contributed by atoms with Crippen molar-refractivity contribution in [3.63, 3.8) is 0 Å². The molecule has 0 saturated carbocycles. The van der Waals surface area contributed by atoms with E-state index in [2.05, 4.69) is 206 Å². The van der Waals surface area contributed by atoms with Crippen molar-refractivity contribution in [1.29, 1.82) is 0 Å². The third kappa shape index (κ3) is 8.13. The van der Waals surface area contributed by atoms with Gasteiger partial charge in [-0.2, -0.15) is 0 Å². The summed E-state index contributed by atoms with van der Waals surface area (Å²) in [6.07, 6.45) is 1.84. The van der Waals surface area contributed by atoms with Crippen LogP contribution in [0.4, 0.5) is 0 Å². The number of rotatable bonds is 6. The summed E-state index contributed by atoms with van der Waals surface area (Å²) < 4.78 is 6.41. The highest BCUT2D eigenvalue weighted by molar-refractivity contribution is 7.80. The zero-order valence-electron chi connectivity index (χ0n) is 36.8. The Labute approximate surface area is 343 Å². The Bertz CT molecular complexity index is 2450. The normalized spacial score (nSPS) is 13.1. The van der Waals surface area contributed by atoms with E-state index in [1.807, 2.05) is 6.26 Å². The maximum atomic E-state index is 6.41. The molecule has 0 bridgehead atoms. The van der Waals surface area contributed by atoms with E-state index < -0.39 is 7.92 Å². The SMILES string of the molecule is CC(C)c1coc(-c2ccc3ccccc3c2-c2c(P(c3cc(C(C)(C)C)cc(C(C)(C)C)c3)c3cc(C(C)(C)C)cc(C(C)(C)C)c3)ccc3ccccc23)n1. The Kier molecular flexibility index (Phi) is 10.5. The maximum Gasteiger partial charge on any atom is 0.226 e. The predicted octanol–water partition coefficient (Wildman–Crippen LogP) is 14.4. The Morgan fingerprint density at radius 2 is 0.912 bits per heavy atom. The molecule has 0 atom stereocenters. The smallest absolute Gasteiger partial charge is 0.226 e. The van der Waals surface area contributed by atoms with Crippen molar-refractivity contribution in [2.75, 3.05) is 0 Å². The average Bonchev–Trinajstić information content (AvgIpc) is 3.64. The quantitative estimate of drug-likeness (QED) is 0.157. The molecule has 0 unspecified atom stereocenters. The van der Waals surface area contributed by atoms with Crippen molar-refractivity contribution in [2.24, 2.45) is 0 Å². The van der Waals surface area contributed by atoms with Gasteiger partial charge in [0.25, 0.3) is 0 Å². The molecular weight excluding hydrogens is 710 g/mol. The summed E-state index contributed by atoms with van der Waals surface area (Å²) in [5, 5.41) is 8.96. The number of nitrogens with zero attached hydrogens (tertiary/aromatic N) is 1.